The van der Waals surface area contributed by atoms with Crippen molar-refractivity contribution in [3.8, 4) is 0 Å². The van der Waals surface area contributed by atoms with E-state index in [1.165, 1.54) is 6.42 Å². The summed E-state index contributed by atoms with van der Waals surface area (Å²) in [5.41, 5.74) is 1.77. The van der Waals surface area contributed by atoms with Crippen molar-refractivity contribution < 1.29 is 5.11 Å². The van der Waals surface area contributed by atoms with Crippen molar-refractivity contribution in [1.82, 2.24) is 9.78 Å². The average molecular weight is 236 g/mol. The quantitative estimate of drug-likeness (QED) is 0.875. The van der Waals surface area contributed by atoms with E-state index in [-0.39, 0.29) is 0 Å². The smallest absolute Gasteiger partial charge is 0.0728 e. The molecule has 1 N–H and O–H groups in total. The summed E-state index contributed by atoms with van der Waals surface area (Å²) in [6.45, 7) is 4.29. The highest BCUT2D eigenvalue weighted by molar-refractivity contribution is 5.13. The van der Waals surface area contributed by atoms with Crippen LogP contribution in [0.15, 0.2) is 6.07 Å². The molecule has 2 unspecified atom stereocenters. The zero-order valence-corrected chi connectivity index (χ0v) is 11.2. The largest absolute Gasteiger partial charge is 0.389 e. The van der Waals surface area contributed by atoms with Crippen LogP contribution in [0.25, 0.3) is 0 Å². The Bertz CT molecular complexity index is 386. The maximum absolute atomic E-state index is 10.8. The third-order valence-electron chi connectivity index (χ3n) is 4.29. The standard InChI is InChI=1S/C14H24N2O/c1-4-12-9-13(16(3)15-12)10-14(17)8-6-5-7-11(14)2/h9,11,17H,4-8,10H2,1-3H3. The molecule has 0 radical (unpaired) electrons. The number of hydrogen-bond donors (Lipinski definition) is 1. The van der Waals surface area contributed by atoms with Crippen molar-refractivity contribution in [2.75, 3.05) is 0 Å². The number of aromatic nitrogens is 2. The van der Waals surface area contributed by atoms with E-state index >= 15 is 0 Å². The van der Waals surface area contributed by atoms with E-state index in [0.717, 1.165) is 43.5 Å². The van der Waals surface area contributed by atoms with Gasteiger partial charge in [-0.1, -0.05) is 26.7 Å². The second kappa shape index (κ2) is 4.81. The highest BCUT2D eigenvalue weighted by atomic mass is 16.3. The molecule has 2 atom stereocenters. The van der Waals surface area contributed by atoms with E-state index in [1.54, 1.807) is 0 Å². The number of aryl methyl sites for hydroxylation is 2. The molecule has 0 aliphatic heterocycles. The van der Waals surface area contributed by atoms with E-state index < -0.39 is 5.60 Å². The van der Waals surface area contributed by atoms with Gasteiger partial charge in [0.1, 0.15) is 0 Å². The van der Waals surface area contributed by atoms with E-state index in [2.05, 4.69) is 25.0 Å². The fourth-order valence-electron chi connectivity index (χ4n) is 2.88. The van der Waals surface area contributed by atoms with Crippen LogP contribution < -0.4 is 0 Å². The first-order chi connectivity index (χ1) is 8.05. The lowest BCUT2D eigenvalue weighted by molar-refractivity contribution is -0.0418. The van der Waals surface area contributed by atoms with Gasteiger partial charge in [-0.25, -0.2) is 0 Å². The number of aliphatic hydroxyl groups is 1. The van der Waals surface area contributed by atoms with Gasteiger partial charge in [-0.3, -0.25) is 4.68 Å². The van der Waals surface area contributed by atoms with Crippen molar-refractivity contribution >= 4 is 0 Å². The Hall–Kier alpha value is -0.830. The minimum Gasteiger partial charge on any atom is -0.389 e. The fourth-order valence-corrected chi connectivity index (χ4v) is 2.88. The number of rotatable bonds is 3. The van der Waals surface area contributed by atoms with E-state index in [1.807, 2.05) is 11.7 Å². The highest BCUT2D eigenvalue weighted by Gasteiger charge is 2.36. The first-order valence-electron chi connectivity index (χ1n) is 6.79. The molecular formula is C14H24N2O. The van der Waals surface area contributed by atoms with Crippen LogP contribution in [0.2, 0.25) is 0 Å². The molecule has 17 heavy (non-hydrogen) atoms. The second-order valence-corrected chi connectivity index (χ2v) is 5.53. The van der Waals surface area contributed by atoms with Crippen molar-refractivity contribution in [3.63, 3.8) is 0 Å². The summed E-state index contributed by atoms with van der Waals surface area (Å²) in [7, 11) is 1.98. The van der Waals surface area contributed by atoms with Crippen molar-refractivity contribution in [2.24, 2.45) is 13.0 Å². The van der Waals surface area contributed by atoms with Crippen molar-refractivity contribution in [3.05, 3.63) is 17.5 Å². The molecule has 1 aliphatic carbocycles. The van der Waals surface area contributed by atoms with Gasteiger partial charge in [0.2, 0.25) is 0 Å². The van der Waals surface area contributed by atoms with Crippen LogP contribution in [0.5, 0.6) is 0 Å². The minimum absolute atomic E-state index is 0.399. The fraction of sp³-hybridized carbons (Fsp3) is 0.786. The third kappa shape index (κ3) is 2.54. The molecule has 0 aromatic carbocycles. The molecule has 3 nitrogen and oxygen atoms in total. The number of nitrogens with zero attached hydrogens (tertiary/aromatic N) is 2. The van der Waals surface area contributed by atoms with Crippen LogP contribution in [-0.4, -0.2) is 20.5 Å². The molecule has 1 aromatic heterocycles. The molecule has 3 heteroatoms. The second-order valence-electron chi connectivity index (χ2n) is 5.53. The zero-order valence-electron chi connectivity index (χ0n) is 11.2. The molecule has 1 saturated carbocycles. The van der Waals surface area contributed by atoms with Crippen LogP contribution in [0.3, 0.4) is 0 Å². The summed E-state index contributed by atoms with van der Waals surface area (Å²) in [4.78, 5) is 0. The van der Waals surface area contributed by atoms with Gasteiger partial charge in [0.15, 0.2) is 0 Å². The molecule has 1 aliphatic rings. The monoisotopic (exact) mass is 236 g/mol. The summed E-state index contributed by atoms with van der Waals surface area (Å²) in [6, 6.07) is 2.14. The Morgan fingerprint density at radius 1 is 1.53 bits per heavy atom. The van der Waals surface area contributed by atoms with E-state index in [9.17, 15) is 5.11 Å². The molecular weight excluding hydrogens is 212 g/mol. The normalized spacial score (nSPS) is 29.5. The molecule has 1 heterocycles. The summed E-state index contributed by atoms with van der Waals surface area (Å²) in [5, 5.41) is 15.2. The minimum atomic E-state index is -0.517. The molecule has 0 spiro atoms. The Kier molecular flexibility index (Phi) is 3.57. The Morgan fingerprint density at radius 2 is 2.29 bits per heavy atom. The first kappa shape index (κ1) is 12.6. The predicted molar refractivity (Wildman–Crippen MR) is 68.9 cm³/mol. The van der Waals surface area contributed by atoms with E-state index in [0.29, 0.717) is 5.92 Å². The molecule has 1 fully saturated rings. The van der Waals surface area contributed by atoms with Gasteiger partial charge in [0, 0.05) is 19.2 Å². The molecule has 2 rings (SSSR count). The predicted octanol–water partition coefficient (Wildman–Crippen LogP) is 2.47. The van der Waals surface area contributed by atoms with Crippen LogP contribution in [0.4, 0.5) is 0 Å². The maximum Gasteiger partial charge on any atom is 0.0728 e. The lowest BCUT2D eigenvalue weighted by atomic mass is 9.74. The van der Waals surface area contributed by atoms with Gasteiger partial charge in [-0.15, -0.1) is 0 Å². The topological polar surface area (TPSA) is 38.0 Å². The van der Waals surface area contributed by atoms with Gasteiger partial charge < -0.3 is 5.11 Å². The van der Waals surface area contributed by atoms with Crippen molar-refractivity contribution in [1.29, 1.82) is 0 Å². The summed E-state index contributed by atoms with van der Waals surface area (Å²) < 4.78 is 1.93. The van der Waals surface area contributed by atoms with Gasteiger partial charge in [0.25, 0.3) is 0 Å². The van der Waals surface area contributed by atoms with Gasteiger partial charge in [0.05, 0.1) is 11.3 Å². The van der Waals surface area contributed by atoms with Crippen LogP contribution in [0.1, 0.15) is 50.9 Å². The van der Waals surface area contributed by atoms with Crippen LogP contribution in [-0.2, 0) is 19.9 Å². The zero-order chi connectivity index (χ0) is 12.5. The SMILES string of the molecule is CCc1cc(CC2(O)CCCCC2C)n(C)n1. The van der Waals surface area contributed by atoms with Gasteiger partial charge >= 0.3 is 0 Å². The van der Waals surface area contributed by atoms with Crippen LogP contribution in [0, 0.1) is 5.92 Å². The van der Waals surface area contributed by atoms with Crippen LogP contribution >= 0.6 is 0 Å². The lowest BCUT2D eigenvalue weighted by Crippen LogP contribution is -2.41. The summed E-state index contributed by atoms with van der Waals surface area (Å²) >= 11 is 0. The Morgan fingerprint density at radius 3 is 2.88 bits per heavy atom. The molecule has 96 valence electrons. The highest BCUT2D eigenvalue weighted by Crippen LogP contribution is 2.36. The van der Waals surface area contributed by atoms with Gasteiger partial charge in [-0.2, -0.15) is 5.10 Å². The molecule has 0 saturated heterocycles. The molecule has 1 aromatic rings. The molecule has 0 amide bonds. The molecule has 0 bridgehead atoms. The lowest BCUT2D eigenvalue weighted by Gasteiger charge is -2.38. The summed E-state index contributed by atoms with van der Waals surface area (Å²) in [5.74, 6) is 0.399. The Balaban J connectivity index is 2.15. The Labute approximate surface area is 104 Å². The maximum atomic E-state index is 10.8. The number of hydrogen-bond acceptors (Lipinski definition) is 2. The third-order valence-corrected chi connectivity index (χ3v) is 4.29. The van der Waals surface area contributed by atoms with Gasteiger partial charge in [-0.05, 0) is 31.2 Å². The van der Waals surface area contributed by atoms with E-state index in [4.69, 9.17) is 0 Å². The first-order valence-corrected chi connectivity index (χ1v) is 6.79. The van der Waals surface area contributed by atoms with Crippen molar-refractivity contribution in [2.45, 2.75) is 58.0 Å². The average Bonchev–Trinajstić information content (AvgIpc) is 2.64. The summed E-state index contributed by atoms with van der Waals surface area (Å²) in [6.07, 6.45) is 6.20.